The number of carbonyl (C=O) groups excluding carboxylic acids is 1. The highest BCUT2D eigenvalue weighted by Gasteiger charge is 2.29. The van der Waals surface area contributed by atoms with Crippen molar-refractivity contribution in [3.05, 3.63) is 47.5 Å². The van der Waals surface area contributed by atoms with Crippen LogP contribution in [0.3, 0.4) is 0 Å². The molecule has 0 aromatic heterocycles. The number of anilines is 2. The summed E-state index contributed by atoms with van der Waals surface area (Å²) in [6.45, 7) is 0. The molecule has 1 aliphatic carbocycles. The van der Waals surface area contributed by atoms with E-state index in [1.54, 1.807) is 12.1 Å². The van der Waals surface area contributed by atoms with Crippen LogP contribution >= 0.6 is 0 Å². The van der Waals surface area contributed by atoms with Gasteiger partial charge in [-0.25, -0.2) is 8.42 Å². The number of ether oxygens (including phenoxy) is 2. The molecule has 2 aromatic rings. The molecule has 1 fully saturated rings. The van der Waals surface area contributed by atoms with Gasteiger partial charge >= 0.3 is 0 Å². The minimum atomic E-state index is -3.49. The van der Waals surface area contributed by atoms with Crippen LogP contribution in [0.2, 0.25) is 0 Å². The monoisotopic (exact) mass is 430 g/mol. The van der Waals surface area contributed by atoms with Crippen molar-refractivity contribution in [2.45, 2.75) is 44.1 Å². The normalized spacial score (nSPS) is 19.1. The smallest absolute Gasteiger partial charge is 0.229 e. The van der Waals surface area contributed by atoms with Gasteiger partial charge < -0.3 is 14.8 Å². The number of amides is 1. The van der Waals surface area contributed by atoms with Crippen molar-refractivity contribution in [1.82, 2.24) is 0 Å². The molecule has 0 spiro atoms. The second kappa shape index (κ2) is 8.18. The van der Waals surface area contributed by atoms with Gasteiger partial charge in [-0.15, -0.1) is 0 Å². The Balaban J connectivity index is 1.64. The van der Waals surface area contributed by atoms with E-state index in [1.165, 1.54) is 20.0 Å². The molecule has 1 atom stereocenters. The number of hydrogen-bond acceptors (Lipinski definition) is 5. The topological polar surface area (TPSA) is 93.7 Å². The van der Waals surface area contributed by atoms with Crippen molar-refractivity contribution in [2.24, 2.45) is 0 Å². The summed E-state index contributed by atoms with van der Waals surface area (Å²) >= 11 is 0. The summed E-state index contributed by atoms with van der Waals surface area (Å²) in [4.78, 5) is 12.4. The van der Waals surface area contributed by atoms with E-state index in [9.17, 15) is 13.2 Å². The SMILES string of the molecule is COc1cc2c(cc1NS(C)(=O)=O)NC(=O)CC2c1ccc(OC2CCCC2)cc1. The largest absolute Gasteiger partial charge is 0.495 e. The Hall–Kier alpha value is -2.74. The summed E-state index contributed by atoms with van der Waals surface area (Å²) in [6, 6.07) is 11.3. The molecular weight excluding hydrogens is 404 g/mol. The zero-order valence-corrected chi connectivity index (χ0v) is 17.9. The first kappa shape index (κ1) is 20.5. The van der Waals surface area contributed by atoms with Crippen molar-refractivity contribution in [1.29, 1.82) is 0 Å². The van der Waals surface area contributed by atoms with Gasteiger partial charge in [0.05, 0.1) is 25.2 Å². The van der Waals surface area contributed by atoms with Crippen LogP contribution in [-0.4, -0.2) is 33.8 Å². The quantitative estimate of drug-likeness (QED) is 0.726. The fourth-order valence-corrected chi connectivity index (χ4v) is 4.77. The second-order valence-electron chi connectivity index (χ2n) is 7.91. The molecule has 160 valence electrons. The summed E-state index contributed by atoms with van der Waals surface area (Å²) in [5.74, 6) is 0.975. The highest BCUT2D eigenvalue weighted by Crippen LogP contribution is 2.42. The summed E-state index contributed by atoms with van der Waals surface area (Å²) < 4.78 is 37.2. The number of benzene rings is 2. The van der Waals surface area contributed by atoms with Crippen molar-refractivity contribution < 1.29 is 22.7 Å². The molecule has 0 bridgehead atoms. The first-order chi connectivity index (χ1) is 14.3. The van der Waals surface area contributed by atoms with Crippen molar-refractivity contribution in [2.75, 3.05) is 23.4 Å². The summed E-state index contributed by atoms with van der Waals surface area (Å²) in [6.07, 6.45) is 6.30. The van der Waals surface area contributed by atoms with Gasteiger partial charge in [0.25, 0.3) is 0 Å². The van der Waals surface area contributed by atoms with Crippen LogP contribution in [0.25, 0.3) is 0 Å². The van der Waals surface area contributed by atoms with Crippen LogP contribution in [-0.2, 0) is 14.8 Å². The zero-order chi connectivity index (χ0) is 21.3. The summed E-state index contributed by atoms with van der Waals surface area (Å²) in [5.41, 5.74) is 2.75. The Bertz CT molecular complexity index is 1040. The van der Waals surface area contributed by atoms with Crippen molar-refractivity contribution >= 4 is 27.3 Å². The van der Waals surface area contributed by atoms with E-state index in [1.807, 2.05) is 24.3 Å². The third-order valence-electron chi connectivity index (χ3n) is 5.59. The van der Waals surface area contributed by atoms with E-state index in [0.29, 0.717) is 29.6 Å². The Morgan fingerprint density at radius 3 is 2.43 bits per heavy atom. The maximum atomic E-state index is 12.4. The predicted octanol–water partition coefficient (Wildman–Crippen LogP) is 3.86. The molecule has 2 aliphatic rings. The molecule has 30 heavy (non-hydrogen) atoms. The molecule has 1 aliphatic heterocycles. The molecule has 1 amide bonds. The molecule has 2 aromatic carbocycles. The maximum Gasteiger partial charge on any atom is 0.229 e. The van der Waals surface area contributed by atoms with E-state index in [2.05, 4.69) is 10.0 Å². The number of sulfonamides is 1. The lowest BCUT2D eigenvalue weighted by Gasteiger charge is -2.27. The van der Waals surface area contributed by atoms with Crippen LogP contribution in [0.1, 0.15) is 49.1 Å². The first-order valence-electron chi connectivity index (χ1n) is 10.1. The van der Waals surface area contributed by atoms with Crippen LogP contribution in [0, 0.1) is 0 Å². The third kappa shape index (κ3) is 4.53. The van der Waals surface area contributed by atoms with E-state index < -0.39 is 10.0 Å². The van der Waals surface area contributed by atoms with Crippen molar-refractivity contribution in [3.8, 4) is 11.5 Å². The van der Waals surface area contributed by atoms with Crippen LogP contribution in [0.15, 0.2) is 36.4 Å². The highest BCUT2D eigenvalue weighted by molar-refractivity contribution is 7.92. The molecular formula is C22H26N2O5S. The molecule has 8 heteroatoms. The lowest BCUT2D eigenvalue weighted by molar-refractivity contribution is -0.116. The minimum Gasteiger partial charge on any atom is -0.495 e. The summed E-state index contributed by atoms with van der Waals surface area (Å²) in [7, 11) is -2.00. The molecule has 0 saturated heterocycles. The van der Waals surface area contributed by atoms with Gasteiger partial charge in [-0.1, -0.05) is 12.1 Å². The number of nitrogens with one attached hydrogen (secondary N) is 2. The fourth-order valence-electron chi connectivity index (χ4n) is 4.21. The minimum absolute atomic E-state index is 0.116. The third-order valence-corrected chi connectivity index (χ3v) is 6.18. The van der Waals surface area contributed by atoms with Gasteiger partial charge in [0, 0.05) is 18.0 Å². The van der Waals surface area contributed by atoms with Crippen LogP contribution in [0.5, 0.6) is 11.5 Å². The zero-order valence-electron chi connectivity index (χ0n) is 17.1. The number of rotatable bonds is 6. The van der Waals surface area contributed by atoms with Gasteiger partial charge in [0.15, 0.2) is 0 Å². The Kier molecular flexibility index (Phi) is 5.60. The number of hydrogen-bond donors (Lipinski definition) is 2. The highest BCUT2D eigenvalue weighted by atomic mass is 32.2. The van der Waals surface area contributed by atoms with Crippen molar-refractivity contribution in [3.63, 3.8) is 0 Å². The van der Waals surface area contributed by atoms with E-state index in [4.69, 9.17) is 9.47 Å². The average Bonchev–Trinajstić information content (AvgIpc) is 3.19. The van der Waals surface area contributed by atoms with E-state index in [-0.39, 0.29) is 11.8 Å². The van der Waals surface area contributed by atoms with E-state index in [0.717, 1.165) is 36.0 Å². The van der Waals surface area contributed by atoms with Crippen LogP contribution in [0.4, 0.5) is 11.4 Å². The Morgan fingerprint density at radius 2 is 1.80 bits per heavy atom. The van der Waals surface area contributed by atoms with Gasteiger partial charge in [0.2, 0.25) is 15.9 Å². The first-order valence-corrected chi connectivity index (χ1v) is 12.0. The Morgan fingerprint density at radius 1 is 1.10 bits per heavy atom. The van der Waals surface area contributed by atoms with Gasteiger partial charge in [-0.2, -0.15) is 0 Å². The lowest BCUT2D eigenvalue weighted by Crippen LogP contribution is -2.24. The number of methoxy groups -OCH3 is 1. The fraction of sp³-hybridized carbons (Fsp3) is 0.409. The second-order valence-corrected chi connectivity index (χ2v) is 9.66. The predicted molar refractivity (Wildman–Crippen MR) is 116 cm³/mol. The molecule has 1 saturated carbocycles. The standard InChI is InChI=1S/C22H26N2O5S/c1-28-21-11-18-17(12-22(25)23-19(18)13-20(21)24-30(2,26)27)14-7-9-16(10-8-14)29-15-5-3-4-6-15/h7-11,13,15,17,24H,3-6,12H2,1-2H3,(H,23,25). The molecule has 1 unspecified atom stereocenters. The van der Waals surface area contributed by atoms with Gasteiger partial charge in [0.1, 0.15) is 11.5 Å². The van der Waals surface area contributed by atoms with E-state index >= 15 is 0 Å². The lowest BCUT2D eigenvalue weighted by atomic mass is 9.84. The Labute approximate surface area is 176 Å². The summed E-state index contributed by atoms with van der Waals surface area (Å²) in [5, 5.41) is 2.84. The molecule has 7 nitrogen and oxygen atoms in total. The molecule has 0 radical (unpaired) electrons. The molecule has 4 rings (SSSR count). The maximum absolute atomic E-state index is 12.4. The number of fused-ring (bicyclic) bond motifs is 1. The average molecular weight is 431 g/mol. The van der Waals surface area contributed by atoms with Gasteiger partial charge in [-0.3, -0.25) is 9.52 Å². The van der Waals surface area contributed by atoms with Gasteiger partial charge in [-0.05, 0) is 61.1 Å². The molecule has 1 heterocycles. The number of carbonyl (C=O) groups is 1. The van der Waals surface area contributed by atoms with Crippen LogP contribution < -0.4 is 19.5 Å². The molecule has 2 N–H and O–H groups in total.